The van der Waals surface area contributed by atoms with Gasteiger partial charge in [0.1, 0.15) is 16.7 Å². The van der Waals surface area contributed by atoms with E-state index in [-0.39, 0.29) is 21.2 Å². The molecule has 0 unspecified atom stereocenters. The molecule has 1 fully saturated rings. The van der Waals surface area contributed by atoms with Crippen molar-refractivity contribution in [1.82, 2.24) is 15.0 Å². The topological polar surface area (TPSA) is 106 Å². The van der Waals surface area contributed by atoms with Crippen molar-refractivity contribution in [3.8, 4) is 0 Å². The van der Waals surface area contributed by atoms with E-state index in [0.29, 0.717) is 5.82 Å². The first-order chi connectivity index (χ1) is 13.8. The lowest BCUT2D eigenvalue weighted by atomic mass is 9.76. The Morgan fingerprint density at radius 2 is 1.86 bits per heavy atom. The number of aliphatic imine (C=N–C) groups is 1. The molecule has 29 heavy (non-hydrogen) atoms. The van der Waals surface area contributed by atoms with Crippen LogP contribution in [0.3, 0.4) is 0 Å². The lowest BCUT2D eigenvalue weighted by Crippen LogP contribution is -2.45. The summed E-state index contributed by atoms with van der Waals surface area (Å²) in [5.41, 5.74) is 11.1. The molecule has 0 radical (unpaired) electrons. The van der Waals surface area contributed by atoms with Gasteiger partial charge in [0.05, 0.1) is 6.20 Å². The van der Waals surface area contributed by atoms with Crippen LogP contribution >= 0.6 is 11.8 Å². The van der Waals surface area contributed by atoms with E-state index < -0.39 is 11.9 Å². The first-order valence-corrected chi connectivity index (χ1v) is 9.98. The highest BCUT2D eigenvalue weighted by atomic mass is 32.2. The molecule has 0 atom stereocenters. The Morgan fingerprint density at radius 3 is 2.48 bits per heavy atom. The zero-order valence-corrected chi connectivity index (χ0v) is 16.3. The Labute approximate surface area is 169 Å². The molecule has 0 amide bonds. The van der Waals surface area contributed by atoms with Crippen LogP contribution in [0.25, 0.3) is 0 Å². The van der Waals surface area contributed by atoms with Crippen molar-refractivity contribution in [1.29, 1.82) is 0 Å². The van der Waals surface area contributed by atoms with Gasteiger partial charge in [-0.05, 0) is 31.4 Å². The van der Waals surface area contributed by atoms with E-state index in [9.17, 15) is 13.2 Å². The van der Waals surface area contributed by atoms with Gasteiger partial charge in [0.15, 0.2) is 11.5 Å². The summed E-state index contributed by atoms with van der Waals surface area (Å²) < 4.78 is 39.4. The summed E-state index contributed by atoms with van der Waals surface area (Å²) >= 11 is 0.807. The van der Waals surface area contributed by atoms with Gasteiger partial charge in [0.2, 0.25) is 0 Å². The minimum Gasteiger partial charge on any atom is -0.387 e. The molecule has 1 saturated heterocycles. The number of alkyl halides is 3. The highest BCUT2D eigenvalue weighted by Crippen LogP contribution is 2.41. The molecule has 2 aromatic rings. The van der Waals surface area contributed by atoms with E-state index in [4.69, 9.17) is 11.5 Å². The Balaban J connectivity index is 1.49. The van der Waals surface area contributed by atoms with Crippen LogP contribution in [0.5, 0.6) is 0 Å². The number of hydrogen-bond acceptors (Lipinski definition) is 8. The standard InChI is InChI=1S/C18H20F3N7S/c19-18(20,21)13-11(2-1-6-24-13)29-15-14(22)27-12(10-26-15)28-8-4-17(5-9-28)3-7-25-16(17)23/h1-2,6,10H,3-5,7-9H2,(H2,22,27)(H2,23,25). The van der Waals surface area contributed by atoms with Crippen molar-refractivity contribution in [2.24, 2.45) is 16.1 Å². The maximum atomic E-state index is 13.1. The van der Waals surface area contributed by atoms with Gasteiger partial charge in [-0.15, -0.1) is 0 Å². The van der Waals surface area contributed by atoms with Crippen LogP contribution in [0, 0.1) is 5.41 Å². The Bertz CT molecular complexity index is 939. The molecule has 2 aliphatic rings. The number of nitrogens with zero attached hydrogens (tertiary/aromatic N) is 5. The SMILES string of the molecule is NC1=NCCC12CCN(c1cnc(Sc3cccnc3C(F)(F)F)c(N)n1)CC2. The molecule has 2 aromatic heterocycles. The van der Waals surface area contributed by atoms with Crippen LogP contribution in [0.2, 0.25) is 0 Å². The molecule has 7 nitrogen and oxygen atoms in total. The van der Waals surface area contributed by atoms with E-state index in [2.05, 4.69) is 24.8 Å². The van der Waals surface area contributed by atoms with Gasteiger partial charge in [0.25, 0.3) is 0 Å². The number of piperidine rings is 1. The van der Waals surface area contributed by atoms with Crippen LogP contribution in [0.1, 0.15) is 25.0 Å². The highest BCUT2D eigenvalue weighted by Gasteiger charge is 2.41. The molecule has 11 heteroatoms. The number of amidine groups is 1. The van der Waals surface area contributed by atoms with Gasteiger partial charge in [-0.3, -0.25) is 9.98 Å². The van der Waals surface area contributed by atoms with Crippen LogP contribution < -0.4 is 16.4 Å². The zero-order valence-electron chi connectivity index (χ0n) is 15.5. The monoisotopic (exact) mass is 423 g/mol. The second-order valence-corrected chi connectivity index (χ2v) is 8.18. The second kappa shape index (κ2) is 7.36. The Hall–Kier alpha value is -2.56. The summed E-state index contributed by atoms with van der Waals surface area (Å²) in [5.74, 6) is 1.44. The average Bonchev–Trinajstić information content (AvgIpc) is 3.03. The number of nitrogen functional groups attached to an aromatic ring is 1. The van der Waals surface area contributed by atoms with E-state index in [1.54, 1.807) is 6.20 Å². The van der Waals surface area contributed by atoms with Gasteiger partial charge in [-0.1, -0.05) is 11.8 Å². The summed E-state index contributed by atoms with van der Waals surface area (Å²) in [6.07, 6.45) is 0.835. The van der Waals surface area contributed by atoms with Gasteiger partial charge in [0, 0.05) is 36.1 Å². The summed E-state index contributed by atoms with van der Waals surface area (Å²) in [7, 11) is 0. The first kappa shape index (κ1) is 19.7. The second-order valence-electron chi connectivity index (χ2n) is 7.15. The number of nitrogens with two attached hydrogens (primary N) is 2. The fourth-order valence-corrected chi connectivity index (χ4v) is 4.64. The smallest absolute Gasteiger partial charge is 0.387 e. The van der Waals surface area contributed by atoms with Crippen molar-refractivity contribution >= 4 is 29.2 Å². The summed E-state index contributed by atoms with van der Waals surface area (Å²) in [6.45, 7) is 2.27. The average molecular weight is 423 g/mol. The Morgan fingerprint density at radius 1 is 1.10 bits per heavy atom. The van der Waals surface area contributed by atoms with Crippen molar-refractivity contribution in [2.45, 2.75) is 35.4 Å². The van der Waals surface area contributed by atoms with E-state index in [1.165, 1.54) is 12.1 Å². The molecule has 2 aliphatic heterocycles. The maximum Gasteiger partial charge on any atom is 0.434 e. The van der Waals surface area contributed by atoms with Crippen molar-refractivity contribution < 1.29 is 13.2 Å². The molecule has 1 spiro atoms. The minimum atomic E-state index is -4.55. The maximum absolute atomic E-state index is 13.1. The summed E-state index contributed by atoms with van der Waals surface area (Å²) in [6, 6.07) is 2.78. The number of aromatic nitrogens is 3. The molecule has 0 aromatic carbocycles. The number of hydrogen-bond donors (Lipinski definition) is 2. The molecule has 0 saturated carbocycles. The fraction of sp³-hybridized carbons (Fsp3) is 0.444. The number of halogens is 3. The van der Waals surface area contributed by atoms with Crippen LogP contribution in [0.4, 0.5) is 24.8 Å². The number of rotatable bonds is 3. The van der Waals surface area contributed by atoms with Crippen molar-refractivity contribution in [3.05, 3.63) is 30.2 Å². The third kappa shape index (κ3) is 3.83. The largest absolute Gasteiger partial charge is 0.434 e. The lowest BCUT2D eigenvalue weighted by molar-refractivity contribution is -0.143. The molecule has 0 bridgehead atoms. The van der Waals surface area contributed by atoms with Crippen LogP contribution in [0.15, 0.2) is 39.4 Å². The van der Waals surface area contributed by atoms with Gasteiger partial charge >= 0.3 is 6.18 Å². The molecule has 0 aliphatic carbocycles. The first-order valence-electron chi connectivity index (χ1n) is 9.16. The molecule has 4 rings (SSSR count). The highest BCUT2D eigenvalue weighted by molar-refractivity contribution is 7.99. The van der Waals surface area contributed by atoms with Crippen molar-refractivity contribution in [2.75, 3.05) is 30.3 Å². The quantitative estimate of drug-likeness (QED) is 0.782. The van der Waals surface area contributed by atoms with E-state index in [0.717, 1.165) is 62.7 Å². The molecule has 4 heterocycles. The molecular weight excluding hydrogens is 403 g/mol. The fourth-order valence-electron chi connectivity index (χ4n) is 3.76. The van der Waals surface area contributed by atoms with E-state index >= 15 is 0 Å². The molecular formula is C18H20F3N7S. The third-order valence-corrected chi connectivity index (χ3v) is 6.51. The predicted molar refractivity (Wildman–Crippen MR) is 105 cm³/mol. The minimum absolute atomic E-state index is 0.0143. The third-order valence-electron chi connectivity index (χ3n) is 5.46. The molecule has 154 valence electrons. The molecule has 4 N–H and O–H groups in total. The van der Waals surface area contributed by atoms with Gasteiger partial charge in [-0.25, -0.2) is 9.97 Å². The number of pyridine rings is 1. The lowest BCUT2D eigenvalue weighted by Gasteiger charge is -2.39. The summed E-state index contributed by atoms with van der Waals surface area (Å²) in [5, 5.41) is 0.216. The predicted octanol–water partition coefficient (Wildman–Crippen LogP) is 2.97. The number of anilines is 2. The van der Waals surface area contributed by atoms with E-state index in [1.807, 2.05) is 0 Å². The summed E-state index contributed by atoms with van der Waals surface area (Å²) in [4.78, 5) is 18.4. The van der Waals surface area contributed by atoms with Crippen LogP contribution in [-0.4, -0.2) is 40.4 Å². The zero-order chi connectivity index (χ0) is 20.6. The van der Waals surface area contributed by atoms with Gasteiger partial charge in [-0.2, -0.15) is 13.2 Å². The Kier molecular flexibility index (Phi) is 5.01. The van der Waals surface area contributed by atoms with Gasteiger partial charge < -0.3 is 16.4 Å². The normalized spacial score (nSPS) is 18.9. The van der Waals surface area contributed by atoms with Crippen molar-refractivity contribution in [3.63, 3.8) is 0 Å². The van der Waals surface area contributed by atoms with Crippen LogP contribution in [-0.2, 0) is 6.18 Å².